The maximum absolute atomic E-state index is 13.0. The Bertz CT molecular complexity index is 962. The monoisotopic (exact) mass is 372 g/mol. The minimum atomic E-state index is -3.85. The molecule has 6 nitrogen and oxygen atoms in total. The zero-order valence-electron chi connectivity index (χ0n) is 14.0. The molecule has 3 rings (SSSR count). The molecule has 1 heterocycles. The topological polar surface area (TPSA) is 75.2 Å². The Balaban J connectivity index is 1.80. The second-order valence-electron chi connectivity index (χ2n) is 5.42. The zero-order chi connectivity index (χ0) is 18.6. The van der Waals surface area contributed by atoms with Crippen molar-refractivity contribution in [3.8, 4) is 0 Å². The van der Waals surface area contributed by atoms with E-state index in [9.17, 15) is 12.8 Å². The number of rotatable bonds is 6. The van der Waals surface area contributed by atoms with E-state index in [0.717, 1.165) is 17.8 Å². The third-order valence-electron chi connectivity index (χ3n) is 3.67. The van der Waals surface area contributed by atoms with E-state index < -0.39 is 15.8 Å². The van der Waals surface area contributed by atoms with Crippen LogP contribution in [-0.4, -0.2) is 25.2 Å². The van der Waals surface area contributed by atoms with Crippen LogP contribution in [0.3, 0.4) is 0 Å². The van der Waals surface area contributed by atoms with Gasteiger partial charge in [-0.3, -0.25) is 4.72 Å². The van der Waals surface area contributed by atoms with Gasteiger partial charge in [0.25, 0.3) is 10.0 Å². The van der Waals surface area contributed by atoms with Crippen molar-refractivity contribution < 1.29 is 12.8 Å². The molecule has 0 amide bonds. The van der Waals surface area contributed by atoms with Gasteiger partial charge in [0.05, 0.1) is 4.90 Å². The first-order valence-corrected chi connectivity index (χ1v) is 9.42. The predicted molar refractivity (Wildman–Crippen MR) is 98.4 cm³/mol. The lowest BCUT2D eigenvalue weighted by Gasteiger charge is -2.21. The fourth-order valence-electron chi connectivity index (χ4n) is 2.42. The first kappa shape index (κ1) is 17.8. The number of aromatic nitrogens is 2. The Kier molecular flexibility index (Phi) is 5.13. The lowest BCUT2D eigenvalue weighted by molar-refractivity contribution is 0.599. The third-order valence-corrected chi connectivity index (χ3v) is 5.04. The van der Waals surface area contributed by atoms with E-state index in [1.54, 1.807) is 6.07 Å². The minimum Gasteiger partial charge on any atom is -0.325 e. The molecule has 0 atom stereocenters. The quantitative estimate of drug-likeness (QED) is 0.716. The number of sulfonamides is 1. The number of benzene rings is 2. The molecule has 2 aromatic carbocycles. The summed E-state index contributed by atoms with van der Waals surface area (Å²) < 4.78 is 39.9. The summed E-state index contributed by atoms with van der Waals surface area (Å²) in [6.45, 7) is 2.67. The molecule has 0 spiro atoms. The number of hydrogen-bond acceptors (Lipinski definition) is 5. The highest BCUT2D eigenvalue weighted by Crippen LogP contribution is 2.23. The van der Waals surface area contributed by atoms with Gasteiger partial charge in [-0.1, -0.05) is 18.2 Å². The summed E-state index contributed by atoms with van der Waals surface area (Å²) in [5.41, 5.74) is 0.962. The number of hydrogen-bond donors (Lipinski definition) is 1. The molecule has 0 bridgehead atoms. The Morgan fingerprint density at radius 1 is 0.962 bits per heavy atom. The standard InChI is InChI=1S/C18H17FN4O2S/c1-2-23(15-6-4-3-5-7-15)18-13-12-17(20-21-18)22-26(24,25)16-10-8-14(19)9-11-16/h3-13H,2H2,1H3,(H,20,22). The van der Waals surface area contributed by atoms with Crippen molar-refractivity contribution in [2.45, 2.75) is 11.8 Å². The van der Waals surface area contributed by atoms with Crippen LogP contribution in [0.2, 0.25) is 0 Å². The van der Waals surface area contributed by atoms with Gasteiger partial charge < -0.3 is 4.90 Å². The Morgan fingerprint density at radius 3 is 2.23 bits per heavy atom. The lowest BCUT2D eigenvalue weighted by atomic mass is 10.3. The average Bonchev–Trinajstić information content (AvgIpc) is 2.65. The number of anilines is 3. The molecule has 1 N–H and O–H groups in total. The maximum Gasteiger partial charge on any atom is 0.263 e. The van der Waals surface area contributed by atoms with Gasteiger partial charge >= 0.3 is 0 Å². The van der Waals surface area contributed by atoms with Crippen molar-refractivity contribution in [2.75, 3.05) is 16.2 Å². The van der Waals surface area contributed by atoms with Gasteiger partial charge in [-0.2, -0.15) is 0 Å². The molecule has 0 saturated heterocycles. The Morgan fingerprint density at radius 2 is 1.65 bits per heavy atom. The second kappa shape index (κ2) is 7.49. The molecule has 134 valence electrons. The van der Waals surface area contributed by atoms with Crippen LogP contribution >= 0.6 is 0 Å². The van der Waals surface area contributed by atoms with Crippen LogP contribution in [0.25, 0.3) is 0 Å². The van der Waals surface area contributed by atoms with E-state index in [1.807, 2.05) is 42.2 Å². The molecule has 0 radical (unpaired) electrons. The second-order valence-corrected chi connectivity index (χ2v) is 7.10. The van der Waals surface area contributed by atoms with Crippen molar-refractivity contribution in [1.29, 1.82) is 0 Å². The first-order chi connectivity index (χ1) is 12.5. The van der Waals surface area contributed by atoms with Crippen LogP contribution in [0.1, 0.15) is 6.92 Å². The van der Waals surface area contributed by atoms with Crippen LogP contribution in [0.4, 0.5) is 21.7 Å². The SMILES string of the molecule is CCN(c1ccccc1)c1ccc(NS(=O)(=O)c2ccc(F)cc2)nn1. The number of halogens is 1. The summed E-state index contributed by atoms with van der Waals surface area (Å²) in [5.74, 6) is 0.180. The summed E-state index contributed by atoms with van der Waals surface area (Å²) >= 11 is 0. The van der Waals surface area contributed by atoms with Crippen LogP contribution in [-0.2, 0) is 10.0 Å². The normalized spacial score (nSPS) is 11.2. The summed E-state index contributed by atoms with van der Waals surface area (Å²) in [6, 6.07) is 17.5. The third kappa shape index (κ3) is 3.97. The summed E-state index contributed by atoms with van der Waals surface area (Å²) in [5, 5.41) is 8.05. The van der Waals surface area contributed by atoms with Gasteiger partial charge in [-0.05, 0) is 55.5 Å². The molecule has 0 aliphatic carbocycles. The molecule has 1 aromatic heterocycles. The molecular formula is C18H17FN4O2S. The van der Waals surface area contributed by atoms with Crippen LogP contribution in [0.15, 0.2) is 71.6 Å². The molecule has 8 heteroatoms. The van der Waals surface area contributed by atoms with Crippen molar-refractivity contribution in [3.63, 3.8) is 0 Å². The maximum atomic E-state index is 13.0. The zero-order valence-corrected chi connectivity index (χ0v) is 14.8. The highest BCUT2D eigenvalue weighted by Gasteiger charge is 2.16. The van der Waals surface area contributed by atoms with Crippen molar-refractivity contribution in [2.24, 2.45) is 0 Å². The largest absolute Gasteiger partial charge is 0.325 e. The molecular weight excluding hydrogens is 355 g/mol. The van der Waals surface area contributed by atoms with Gasteiger partial charge in [-0.25, -0.2) is 12.8 Å². The van der Waals surface area contributed by atoms with E-state index in [4.69, 9.17) is 0 Å². The van der Waals surface area contributed by atoms with Crippen LogP contribution < -0.4 is 9.62 Å². The van der Waals surface area contributed by atoms with Gasteiger partial charge in [0.2, 0.25) is 0 Å². The molecule has 26 heavy (non-hydrogen) atoms. The van der Waals surface area contributed by atoms with Crippen molar-refractivity contribution in [1.82, 2.24) is 10.2 Å². The van der Waals surface area contributed by atoms with Gasteiger partial charge in [-0.15, -0.1) is 10.2 Å². The van der Waals surface area contributed by atoms with Gasteiger partial charge in [0.15, 0.2) is 11.6 Å². The van der Waals surface area contributed by atoms with E-state index in [0.29, 0.717) is 12.4 Å². The van der Waals surface area contributed by atoms with E-state index in [1.165, 1.54) is 18.2 Å². The fraction of sp³-hybridized carbons (Fsp3) is 0.111. The first-order valence-electron chi connectivity index (χ1n) is 7.94. The lowest BCUT2D eigenvalue weighted by Crippen LogP contribution is -2.19. The molecule has 0 fully saturated rings. The van der Waals surface area contributed by atoms with Crippen LogP contribution in [0, 0.1) is 5.82 Å². The number of nitrogens with zero attached hydrogens (tertiary/aromatic N) is 3. The van der Waals surface area contributed by atoms with E-state index in [2.05, 4.69) is 14.9 Å². The van der Waals surface area contributed by atoms with Crippen molar-refractivity contribution >= 4 is 27.3 Å². The van der Waals surface area contributed by atoms with Gasteiger partial charge in [0, 0.05) is 12.2 Å². The highest BCUT2D eigenvalue weighted by atomic mass is 32.2. The fourth-order valence-corrected chi connectivity index (χ4v) is 3.42. The smallest absolute Gasteiger partial charge is 0.263 e. The van der Waals surface area contributed by atoms with E-state index >= 15 is 0 Å². The Hall–Kier alpha value is -3.00. The highest BCUT2D eigenvalue weighted by molar-refractivity contribution is 7.92. The Labute approximate surface area is 151 Å². The summed E-state index contributed by atoms with van der Waals surface area (Å²) in [7, 11) is -3.85. The van der Waals surface area contributed by atoms with Gasteiger partial charge in [0.1, 0.15) is 5.82 Å². The molecule has 3 aromatic rings. The summed E-state index contributed by atoms with van der Waals surface area (Å²) in [6.07, 6.45) is 0. The van der Waals surface area contributed by atoms with Crippen molar-refractivity contribution in [3.05, 3.63) is 72.5 Å². The molecule has 0 aliphatic heterocycles. The molecule has 0 unspecified atom stereocenters. The van der Waals surface area contributed by atoms with Crippen LogP contribution in [0.5, 0.6) is 0 Å². The van der Waals surface area contributed by atoms with E-state index in [-0.39, 0.29) is 10.7 Å². The average molecular weight is 372 g/mol. The summed E-state index contributed by atoms with van der Waals surface area (Å²) in [4.78, 5) is 1.90. The molecule has 0 saturated carbocycles. The number of para-hydroxylation sites is 1. The minimum absolute atomic E-state index is 0.0516. The number of nitrogens with one attached hydrogen (secondary N) is 1. The predicted octanol–water partition coefficient (Wildman–Crippen LogP) is 3.57. The molecule has 0 aliphatic rings.